The predicted octanol–water partition coefficient (Wildman–Crippen LogP) is 5.96. The van der Waals surface area contributed by atoms with Gasteiger partial charge in [-0.25, -0.2) is 0 Å². The van der Waals surface area contributed by atoms with Crippen LogP contribution in [0.15, 0.2) is 109 Å². The lowest BCUT2D eigenvalue weighted by atomic mass is 10.1. The number of carbonyl (C=O) groups excluding carboxylic acids is 2. The minimum absolute atomic E-state index is 0.179. The number of carbonyl (C=O) groups is 2. The molecule has 0 aliphatic rings. The molecule has 2 N–H and O–H groups in total. The summed E-state index contributed by atoms with van der Waals surface area (Å²) in [6.45, 7) is 0. The fraction of sp³-hybridized carbons (Fsp3) is 0.0370. The number of nitrogens with one attached hydrogen (secondary N) is 2. The van der Waals surface area contributed by atoms with Gasteiger partial charge >= 0.3 is 0 Å². The molecule has 2 amide bonds. The number of hydrogen-bond acceptors (Lipinski definition) is 3. The summed E-state index contributed by atoms with van der Waals surface area (Å²) >= 11 is 0. The van der Waals surface area contributed by atoms with E-state index in [1.807, 2.05) is 84.9 Å². The van der Waals surface area contributed by atoms with Crippen molar-refractivity contribution in [2.24, 2.45) is 0 Å². The maximum atomic E-state index is 12.9. The molecule has 158 valence electrons. The molecule has 0 aliphatic heterocycles. The van der Waals surface area contributed by atoms with Crippen molar-refractivity contribution in [3.05, 3.63) is 120 Å². The number of rotatable bonds is 6. The van der Waals surface area contributed by atoms with Crippen LogP contribution in [-0.4, -0.2) is 18.9 Å². The molecule has 0 saturated carbocycles. The quantitative estimate of drug-likeness (QED) is 0.404. The molecule has 4 rings (SSSR count). The average molecular weight is 422 g/mol. The summed E-state index contributed by atoms with van der Waals surface area (Å²) in [5.74, 6) is -0.451. The smallest absolute Gasteiger partial charge is 0.258 e. The Morgan fingerprint density at radius 2 is 1.19 bits per heavy atom. The van der Waals surface area contributed by atoms with Gasteiger partial charge in [-0.3, -0.25) is 9.59 Å². The number of amides is 2. The molecule has 5 heteroatoms. The highest BCUT2D eigenvalue weighted by Gasteiger charge is 2.15. The van der Waals surface area contributed by atoms with E-state index in [0.29, 0.717) is 16.8 Å². The van der Waals surface area contributed by atoms with Crippen LogP contribution >= 0.6 is 0 Å². The minimum Gasteiger partial charge on any atom is -0.356 e. The highest BCUT2D eigenvalue weighted by atomic mass is 16.2. The van der Waals surface area contributed by atoms with E-state index in [0.717, 1.165) is 17.1 Å². The summed E-state index contributed by atoms with van der Waals surface area (Å²) in [6, 6.07) is 33.5. The van der Waals surface area contributed by atoms with Gasteiger partial charge in [0.25, 0.3) is 11.8 Å². The number of nitrogens with zero attached hydrogens (tertiary/aromatic N) is 1. The Balaban J connectivity index is 1.43. The van der Waals surface area contributed by atoms with Gasteiger partial charge in [0, 0.05) is 40.9 Å². The third-order valence-corrected chi connectivity index (χ3v) is 5.03. The lowest BCUT2D eigenvalue weighted by molar-refractivity contribution is 0.0993. The molecule has 0 unspecified atom stereocenters. The summed E-state index contributed by atoms with van der Waals surface area (Å²) < 4.78 is 0. The van der Waals surface area contributed by atoms with Crippen molar-refractivity contribution in [1.82, 2.24) is 0 Å². The number of para-hydroxylation sites is 2. The number of benzene rings is 4. The van der Waals surface area contributed by atoms with Gasteiger partial charge < -0.3 is 15.5 Å². The molecule has 0 aliphatic carbocycles. The topological polar surface area (TPSA) is 61.4 Å². The molecule has 0 bridgehead atoms. The Bertz CT molecular complexity index is 1210. The molecule has 0 fully saturated rings. The molecule has 32 heavy (non-hydrogen) atoms. The summed E-state index contributed by atoms with van der Waals surface area (Å²) in [4.78, 5) is 27.2. The number of anilines is 4. The van der Waals surface area contributed by atoms with Crippen LogP contribution in [0.25, 0.3) is 0 Å². The SMILES string of the molecule is CN(C(=O)c1cccc(C(=O)Nc2ccc(Nc3ccccc3)cc2)c1)c1ccccc1. The molecular formula is C27H23N3O2. The molecule has 0 spiro atoms. The standard InChI is InChI=1S/C27H23N3O2/c1-30(25-13-6-3-7-14-25)27(32)21-10-8-9-20(19-21)26(31)29-24-17-15-23(16-18-24)28-22-11-4-2-5-12-22/h2-19,28H,1H3,(H,29,31). The van der Waals surface area contributed by atoms with E-state index >= 15 is 0 Å². The molecule has 0 saturated heterocycles. The fourth-order valence-corrected chi connectivity index (χ4v) is 3.28. The zero-order chi connectivity index (χ0) is 22.3. The average Bonchev–Trinajstić information content (AvgIpc) is 2.85. The van der Waals surface area contributed by atoms with Gasteiger partial charge in [-0.05, 0) is 66.7 Å². The Labute approximate surface area is 187 Å². The van der Waals surface area contributed by atoms with Crippen molar-refractivity contribution >= 4 is 34.6 Å². The Kier molecular flexibility index (Phi) is 6.28. The zero-order valence-corrected chi connectivity index (χ0v) is 17.7. The van der Waals surface area contributed by atoms with Crippen molar-refractivity contribution in [3.8, 4) is 0 Å². The summed E-state index contributed by atoms with van der Waals surface area (Å²) in [6.07, 6.45) is 0. The number of hydrogen-bond donors (Lipinski definition) is 2. The Morgan fingerprint density at radius 3 is 1.88 bits per heavy atom. The molecule has 5 nitrogen and oxygen atoms in total. The molecule has 0 radical (unpaired) electrons. The first-order valence-electron chi connectivity index (χ1n) is 10.3. The van der Waals surface area contributed by atoms with Crippen molar-refractivity contribution in [2.75, 3.05) is 22.6 Å². The third kappa shape index (κ3) is 5.02. The molecule has 4 aromatic carbocycles. The zero-order valence-electron chi connectivity index (χ0n) is 17.7. The van der Waals surface area contributed by atoms with Crippen LogP contribution in [0.5, 0.6) is 0 Å². The second-order valence-corrected chi connectivity index (χ2v) is 7.30. The predicted molar refractivity (Wildman–Crippen MR) is 130 cm³/mol. The fourth-order valence-electron chi connectivity index (χ4n) is 3.28. The van der Waals surface area contributed by atoms with Crippen molar-refractivity contribution in [1.29, 1.82) is 0 Å². The summed E-state index contributed by atoms with van der Waals surface area (Å²) in [5, 5.41) is 6.19. The first-order valence-corrected chi connectivity index (χ1v) is 10.3. The molecule has 0 aromatic heterocycles. The van der Waals surface area contributed by atoms with Gasteiger partial charge in [-0.15, -0.1) is 0 Å². The van der Waals surface area contributed by atoms with E-state index in [-0.39, 0.29) is 11.8 Å². The highest BCUT2D eigenvalue weighted by molar-refractivity contribution is 6.09. The van der Waals surface area contributed by atoms with Crippen LogP contribution in [0.4, 0.5) is 22.7 Å². The highest BCUT2D eigenvalue weighted by Crippen LogP contribution is 2.20. The maximum Gasteiger partial charge on any atom is 0.258 e. The maximum absolute atomic E-state index is 12.9. The normalized spacial score (nSPS) is 10.3. The van der Waals surface area contributed by atoms with E-state index < -0.39 is 0 Å². The van der Waals surface area contributed by atoms with Crippen LogP contribution < -0.4 is 15.5 Å². The van der Waals surface area contributed by atoms with Gasteiger partial charge in [0.05, 0.1) is 0 Å². The third-order valence-electron chi connectivity index (χ3n) is 5.03. The Morgan fingerprint density at radius 1 is 0.625 bits per heavy atom. The van der Waals surface area contributed by atoms with Gasteiger partial charge in [0.1, 0.15) is 0 Å². The monoisotopic (exact) mass is 421 g/mol. The van der Waals surface area contributed by atoms with Gasteiger partial charge in [0.2, 0.25) is 0 Å². The van der Waals surface area contributed by atoms with Crippen LogP contribution in [-0.2, 0) is 0 Å². The van der Waals surface area contributed by atoms with Crippen molar-refractivity contribution in [3.63, 3.8) is 0 Å². The van der Waals surface area contributed by atoms with Gasteiger partial charge in [-0.2, -0.15) is 0 Å². The van der Waals surface area contributed by atoms with Gasteiger partial charge in [0.15, 0.2) is 0 Å². The van der Waals surface area contributed by atoms with Crippen molar-refractivity contribution < 1.29 is 9.59 Å². The molecule has 4 aromatic rings. The van der Waals surface area contributed by atoms with Crippen LogP contribution in [0.3, 0.4) is 0 Å². The second-order valence-electron chi connectivity index (χ2n) is 7.30. The van der Waals surface area contributed by atoms with Crippen LogP contribution in [0.1, 0.15) is 20.7 Å². The lowest BCUT2D eigenvalue weighted by Gasteiger charge is -2.17. The van der Waals surface area contributed by atoms with Crippen molar-refractivity contribution in [2.45, 2.75) is 0 Å². The van der Waals surface area contributed by atoms with Crippen LogP contribution in [0.2, 0.25) is 0 Å². The van der Waals surface area contributed by atoms with E-state index in [9.17, 15) is 9.59 Å². The van der Waals surface area contributed by atoms with E-state index in [1.54, 1.807) is 36.2 Å². The second kappa shape index (κ2) is 9.62. The first kappa shape index (κ1) is 20.9. The Hall–Kier alpha value is -4.38. The molecular weight excluding hydrogens is 398 g/mol. The largest absolute Gasteiger partial charge is 0.356 e. The first-order chi connectivity index (χ1) is 15.6. The minimum atomic E-state index is -0.272. The van der Waals surface area contributed by atoms with E-state index in [2.05, 4.69) is 10.6 Å². The van der Waals surface area contributed by atoms with Gasteiger partial charge in [-0.1, -0.05) is 42.5 Å². The van der Waals surface area contributed by atoms with E-state index in [4.69, 9.17) is 0 Å². The van der Waals surface area contributed by atoms with E-state index in [1.165, 1.54) is 0 Å². The lowest BCUT2D eigenvalue weighted by Crippen LogP contribution is -2.26. The molecule has 0 atom stereocenters. The summed E-state index contributed by atoms with van der Waals surface area (Å²) in [5.41, 5.74) is 4.25. The summed E-state index contributed by atoms with van der Waals surface area (Å²) in [7, 11) is 1.72. The van der Waals surface area contributed by atoms with Crippen LogP contribution in [0, 0.1) is 0 Å². The molecule has 0 heterocycles.